The van der Waals surface area contributed by atoms with Gasteiger partial charge >= 0.3 is 0 Å². The Morgan fingerprint density at radius 2 is 2.00 bits per heavy atom. The van der Waals surface area contributed by atoms with Gasteiger partial charge in [-0.3, -0.25) is 4.79 Å². The lowest BCUT2D eigenvalue weighted by Gasteiger charge is -2.27. The molecule has 1 amide bonds. The van der Waals surface area contributed by atoms with Crippen molar-refractivity contribution in [1.82, 2.24) is 0 Å². The molecule has 4 heteroatoms. The molecule has 0 aliphatic rings. The Morgan fingerprint density at radius 1 is 1.50 bits per heavy atom. The van der Waals surface area contributed by atoms with Crippen LogP contribution in [0, 0.1) is 5.92 Å². The van der Waals surface area contributed by atoms with Crippen LogP contribution in [0.5, 0.6) is 0 Å². The molecule has 0 unspecified atom stereocenters. The summed E-state index contributed by atoms with van der Waals surface area (Å²) in [5, 5.41) is 0. The molecule has 0 heterocycles. The van der Waals surface area contributed by atoms with Crippen molar-refractivity contribution in [3.63, 3.8) is 0 Å². The van der Waals surface area contributed by atoms with E-state index in [1.807, 2.05) is 0 Å². The minimum atomic E-state index is -0.243. The van der Waals surface area contributed by atoms with E-state index < -0.39 is 0 Å². The van der Waals surface area contributed by atoms with Crippen molar-refractivity contribution in [3.05, 3.63) is 0 Å². The van der Waals surface area contributed by atoms with Crippen molar-refractivity contribution in [3.8, 4) is 0 Å². The van der Waals surface area contributed by atoms with Crippen LogP contribution in [-0.4, -0.2) is 16.4 Å². The summed E-state index contributed by atoms with van der Waals surface area (Å²) in [6.07, 6.45) is 0. The average Bonchev–Trinajstić information content (AvgIpc) is 1.85. The molecule has 0 spiro atoms. The summed E-state index contributed by atoms with van der Waals surface area (Å²) in [6.45, 7) is 8.71. The standard InChI is InChI=1S/C8H17NOS2/c1-6(2)8(3,4)12-11-5-7(9)10/h6H,5H2,1-4H3,(H2,9,10). The van der Waals surface area contributed by atoms with Gasteiger partial charge in [-0.25, -0.2) is 0 Å². The molecule has 0 radical (unpaired) electrons. The first-order chi connectivity index (χ1) is 5.36. The van der Waals surface area contributed by atoms with Gasteiger partial charge in [-0.2, -0.15) is 0 Å². The average molecular weight is 207 g/mol. The summed E-state index contributed by atoms with van der Waals surface area (Å²) < 4.78 is 0.208. The lowest BCUT2D eigenvalue weighted by atomic mass is 10.00. The normalized spacial score (nSPS) is 12.1. The molecule has 0 saturated heterocycles. The Hall–Kier alpha value is 0.170. The van der Waals surface area contributed by atoms with Crippen molar-refractivity contribution < 1.29 is 4.79 Å². The first kappa shape index (κ1) is 12.2. The number of carbonyl (C=O) groups is 1. The van der Waals surface area contributed by atoms with Gasteiger partial charge in [0.25, 0.3) is 0 Å². The van der Waals surface area contributed by atoms with Crippen LogP contribution >= 0.6 is 21.6 Å². The number of primary amides is 1. The Kier molecular flexibility index (Phi) is 5.09. The second-order valence-corrected chi connectivity index (χ2v) is 6.52. The van der Waals surface area contributed by atoms with Crippen LogP contribution in [0.2, 0.25) is 0 Å². The Labute approximate surface area is 82.4 Å². The van der Waals surface area contributed by atoms with E-state index in [0.717, 1.165) is 0 Å². The zero-order valence-corrected chi connectivity index (χ0v) is 9.72. The Morgan fingerprint density at radius 3 is 2.33 bits per heavy atom. The third-order valence-corrected chi connectivity index (χ3v) is 5.28. The minimum absolute atomic E-state index is 0.208. The van der Waals surface area contributed by atoms with Gasteiger partial charge in [0.2, 0.25) is 5.91 Å². The van der Waals surface area contributed by atoms with Gasteiger partial charge in [-0.15, -0.1) is 0 Å². The highest BCUT2D eigenvalue weighted by atomic mass is 33.1. The third kappa shape index (κ3) is 4.93. The zero-order valence-electron chi connectivity index (χ0n) is 8.09. The van der Waals surface area contributed by atoms with Gasteiger partial charge in [-0.1, -0.05) is 35.4 Å². The van der Waals surface area contributed by atoms with Crippen molar-refractivity contribution in [2.75, 3.05) is 5.75 Å². The van der Waals surface area contributed by atoms with E-state index >= 15 is 0 Å². The minimum Gasteiger partial charge on any atom is -0.369 e. The number of nitrogens with two attached hydrogens (primary N) is 1. The van der Waals surface area contributed by atoms with Crippen LogP contribution < -0.4 is 5.73 Å². The van der Waals surface area contributed by atoms with E-state index in [9.17, 15) is 4.79 Å². The number of rotatable bonds is 5. The molecule has 0 saturated carbocycles. The van der Waals surface area contributed by atoms with E-state index in [0.29, 0.717) is 11.7 Å². The molecule has 0 fully saturated rings. The smallest absolute Gasteiger partial charge is 0.228 e. The molecule has 0 bridgehead atoms. The molecule has 0 aromatic carbocycles. The van der Waals surface area contributed by atoms with Gasteiger partial charge in [0.15, 0.2) is 0 Å². The molecule has 2 N–H and O–H groups in total. The zero-order chi connectivity index (χ0) is 9.78. The van der Waals surface area contributed by atoms with E-state index in [2.05, 4.69) is 27.7 Å². The van der Waals surface area contributed by atoms with Crippen LogP contribution in [0.1, 0.15) is 27.7 Å². The second-order valence-electron chi connectivity index (χ2n) is 3.57. The van der Waals surface area contributed by atoms with Crippen LogP contribution in [0.25, 0.3) is 0 Å². The lowest BCUT2D eigenvalue weighted by Crippen LogP contribution is -2.22. The topological polar surface area (TPSA) is 43.1 Å². The first-order valence-electron chi connectivity index (χ1n) is 3.95. The molecule has 12 heavy (non-hydrogen) atoms. The summed E-state index contributed by atoms with van der Waals surface area (Å²) in [5.41, 5.74) is 5.02. The molecule has 0 aliphatic heterocycles. The predicted molar refractivity (Wildman–Crippen MR) is 58.2 cm³/mol. The summed E-state index contributed by atoms with van der Waals surface area (Å²) >= 11 is 0. The van der Waals surface area contributed by atoms with Gasteiger partial charge < -0.3 is 5.73 Å². The molecule has 0 rings (SSSR count). The van der Waals surface area contributed by atoms with E-state index in [1.165, 1.54) is 10.8 Å². The van der Waals surface area contributed by atoms with Crippen molar-refractivity contribution in [2.45, 2.75) is 32.4 Å². The maximum absolute atomic E-state index is 10.4. The number of amides is 1. The Balaban J connectivity index is 3.69. The van der Waals surface area contributed by atoms with Crippen molar-refractivity contribution in [2.24, 2.45) is 11.7 Å². The molecular formula is C8H17NOS2. The third-order valence-electron chi connectivity index (χ3n) is 1.87. The highest BCUT2D eigenvalue weighted by Crippen LogP contribution is 2.40. The van der Waals surface area contributed by atoms with E-state index in [1.54, 1.807) is 10.8 Å². The fourth-order valence-corrected chi connectivity index (χ4v) is 3.02. The second kappa shape index (κ2) is 5.02. The molecule has 0 aromatic heterocycles. The molecule has 0 aromatic rings. The summed E-state index contributed by atoms with van der Waals surface area (Å²) in [6, 6.07) is 0. The van der Waals surface area contributed by atoms with Gasteiger partial charge in [-0.05, 0) is 19.8 Å². The van der Waals surface area contributed by atoms with Crippen molar-refractivity contribution >= 4 is 27.5 Å². The molecular weight excluding hydrogens is 190 g/mol. The van der Waals surface area contributed by atoms with Crippen LogP contribution in [-0.2, 0) is 4.79 Å². The van der Waals surface area contributed by atoms with Gasteiger partial charge in [0, 0.05) is 4.75 Å². The number of carbonyl (C=O) groups excluding carboxylic acids is 1. The summed E-state index contributed by atoms with van der Waals surface area (Å²) in [5.74, 6) is 0.760. The fraction of sp³-hybridized carbons (Fsp3) is 0.875. The SMILES string of the molecule is CC(C)C(C)(C)SSCC(N)=O. The fourth-order valence-electron chi connectivity index (χ4n) is 0.336. The van der Waals surface area contributed by atoms with E-state index in [4.69, 9.17) is 5.73 Å². The highest BCUT2D eigenvalue weighted by molar-refractivity contribution is 8.77. The lowest BCUT2D eigenvalue weighted by molar-refractivity contribution is -0.115. The maximum atomic E-state index is 10.4. The summed E-state index contributed by atoms with van der Waals surface area (Å²) in [7, 11) is 3.27. The predicted octanol–water partition coefficient (Wildman–Crippen LogP) is 2.29. The van der Waals surface area contributed by atoms with Crippen LogP contribution in [0.4, 0.5) is 0 Å². The molecule has 0 atom stereocenters. The number of hydrogen-bond acceptors (Lipinski definition) is 3. The maximum Gasteiger partial charge on any atom is 0.228 e. The highest BCUT2D eigenvalue weighted by Gasteiger charge is 2.23. The van der Waals surface area contributed by atoms with Gasteiger partial charge in [0.1, 0.15) is 0 Å². The van der Waals surface area contributed by atoms with Crippen molar-refractivity contribution in [1.29, 1.82) is 0 Å². The van der Waals surface area contributed by atoms with Gasteiger partial charge in [0.05, 0.1) is 5.75 Å². The monoisotopic (exact) mass is 207 g/mol. The largest absolute Gasteiger partial charge is 0.369 e. The molecule has 0 aliphatic carbocycles. The van der Waals surface area contributed by atoms with Crippen LogP contribution in [0.3, 0.4) is 0 Å². The number of hydrogen-bond donors (Lipinski definition) is 1. The van der Waals surface area contributed by atoms with E-state index in [-0.39, 0.29) is 10.7 Å². The van der Waals surface area contributed by atoms with Crippen LogP contribution in [0.15, 0.2) is 0 Å². The quantitative estimate of drug-likeness (QED) is 0.703. The Bertz CT molecular complexity index is 157. The molecule has 72 valence electrons. The molecule has 2 nitrogen and oxygen atoms in total. The first-order valence-corrected chi connectivity index (χ1v) is 6.27. The summed E-state index contributed by atoms with van der Waals surface area (Å²) in [4.78, 5) is 10.4.